The molecule has 1 aromatic carbocycles. The third kappa shape index (κ3) is 4.89. The Balaban J connectivity index is 2.64. The van der Waals surface area contributed by atoms with Gasteiger partial charge in [-0.25, -0.2) is 0 Å². The van der Waals surface area contributed by atoms with E-state index in [0.717, 1.165) is 0 Å². The number of hydrogen-bond acceptors (Lipinski definition) is 2. The van der Waals surface area contributed by atoms with E-state index in [2.05, 4.69) is 5.32 Å². The van der Waals surface area contributed by atoms with Gasteiger partial charge < -0.3 is 11.1 Å². The average Bonchev–Trinajstić information content (AvgIpc) is 2.25. The first-order valence-electron chi connectivity index (χ1n) is 4.68. The number of rotatable bonds is 4. The van der Waals surface area contributed by atoms with E-state index in [1.807, 2.05) is 0 Å². The summed E-state index contributed by atoms with van der Waals surface area (Å²) < 4.78 is 0. The van der Waals surface area contributed by atoms with Gasteiger partial charge in [0, 0.05) is 16.1 Å². The number of nitrogens with two attached hydrogens (primary N) is 1. The maximum atomic E-state index is 11.2. The Morgan fingerprint density at radius 2 is 2.06 bits per heavy atom. The molecule has 0 bridgehead atoms. The lowest BCUT2D eigenvalue weighted by atomic mass is 10.2. The molecule has 0 aromatic heterocycles. The van der Waals surface area contributed by atoms with Gasteiger partial charge in [0.05, 0.1) is 6.54 Å². The molecule has 4 nitrogen and oxygen atoms in total. The minimum Gasteiger partial charge on any atom is -0.368 e. The van der Waals surface area contributed by atoms with Crippen molar-refractivity contribution in [2.75, 3.05) is 6.54 Å². The molecule has 1 rings (SSSR count). The van der Waals surface area contributed by atoms with E-state index in [4.69, 9.17) is 28.9 Å². The summed E-state index contributed by atoms with van der Waals surface area (Å²) in [5.41, 5.74) is 5.53. The van der Waals surface area contributed by atoms with E-state index in [1.165, 1.54) is 12.2 Å². The highest BCUT2D eigenvalue weighted by Gasteiger charge is 2.00. The summed E-state index contributed by atoms with van der Waals surface area (Å²) in [6.07, 6.45) is 2.78. The summed E-state index contributed by atoms with van der Waals surface area (Å²) >= 11 is 11.6. The summed E-state index contributed by atoms with van der Waals surface area (Å²) in [7, 11) is 0. The highest BCUT2D eigenvalue weighted by Crippen LogP contribution is 2.21. The molecule has 0 heterocycles. The molecule has 0 atom stereocenters. The molecule has 0 radical (unpaired) electrons. The van der Waals surface area contributed by atoms with Gasteiger partial charge in [0.25, 0.3) is 0 Å². The zero-order chi connectivity index (χ0) is 12.8. The van der Waals surface area contributed by atoms with Gasteiger partial charge in [-0.15, -0.1) is 0 Å². The van der Waals surface area contributed by atoms with Crippen molar-refractivity contribution in [1.29, 1.82) is 0 Å². The van der Waals surface area contributed by atoms with Gasteiger partial charge >= 0.3 is 0 Å². The van der Waals surface area contributed by atoms with E-state index in [-0.39, 0.29) is 6.54 Å². The molecular weight excluding hydrogens is 263 g/mol. The lowest BCUT2D eigenvalue weighted by Crippen LogP contribution is -2.32. The van der Waals surface area contributed by atoms with Gasteiger partial charge in [0.15, 0.2) is 0 Å². The lowest BCUT2D eigenvalue weighted by molar-refractivity contribution is -0.122. The van der Waals surface area contributed by atoms with Crippen molar-refractivity contribution in [2.45, 2.75) is 0 Å². The monoisotopic (exact) mass is 272 g/mol. The van der Waals surface area contributed by atoms with Crippen molar-refractivity contribution in [1.82, 2.24) is 5.32 Å². The summed E-state index contributed by atoms with van der Waals surface area (Å²) in [6.45, 7) is -0.197. The van der Waals surface area contributed by atoms with Crippen LogP contribution >= 0.6 is 23.2 Å². The summed E-state index contributed by atoms with van der Waals surface area (Å²) in [4.78, 5) is 21.6. The number of hydrogen-bond donors (Lipinski definition) is 2. The van der Waals surface area contributed by atoms with Gasteiger partial charge in [0.2, 0.25) is 11.8 Å². The van der Waals surface area contributed by atoms with Gasteiger partial charge in [0.1, 0.15) is 0 Å². The van der Waals surface area contributed by atoms with Crippen LogP contribution < -0.4 is 11.1 Å². The van der Waals surface area contributed by atoms with Gasteiger partial charge in [-0.3, -0.25) is 9.59 Å². The first kappa shape index (κ1) is 13.5. The molecule has 1 aromatic rings. The van der Waals surface area contributed by atoms with Crippen LogP contribution in [0.1, 0.15) is 5.56 Å². The fourth-order valence-electron chi connectivity index (χ4n) is 1.04. The first-order valence-corrected chi connectivity index (χ1v) is 5.44. The summed E-state index contributed by atoms with van der Waals surface area (Å²) in [6, 6.07) is 4.92. The largest absolute Gasteiger partial charge is 0.368 e. The van der Waals surface area contributed by atoms with Gasteiger partial charge in [-0.1, -0.05) is 29.3 Å². The quantitative estimate of drug-likeness (QED) is 0.818. The second-order valence-electron chi connectivity index (χ2n) is 3.18. The zero-order valence-corrected chi connectivity index (χ0v) is 10.3. The molecule has 0 aliphatic heterocycles. The van der Waals surface area contributed by atoms with Crippen LogP contribution in [0.15, 0.2) is 24.3 Å². The Morgan fingerprint density at radius 1 is 1.35 bits per heavy atom. The summed E-state index contributed by atoms with van der Waals surface area (Å²) in [5.74, 6) is -1.02. The van der Waals surface area contributed by atoms with Crippen LogP contribution in [0.4, 0.5) is 0 Å². The van der Waals surface area contributed by atoms with Gasteiger partial charge in [-0.2, -0.15) is 0 Å². The average molecular weight is 273 g/mol. The van der Waals surface area contributed by atoms with Crippen LogP contribution in [-0.4, -0.2) is 18.4 Å². The van der Waals surface area contributed by atoms with E-state index in [1.54, 1.807) is 18.2 Å². The third-order valence-electron chi connectivity index (χ3n) is 1.81. The molecule has 90 valence electrons. The Hall–Kier alpha value is -1.52. The Kier molecular flexibility index (Phi) is 5.00. The van der Waals surface area contributed by atoms with Crippen LogP contribution in [0.2, 0.25) is 10.0 Å². The van der Waals surface area contributed by atoms with Crippen molar-refractivity contribution in [3.05, 3.63) is 39.9 Å². The molecule has 17 heavy (non-hydrogen) atoms. The molecule has 0 saturated carbocycles. The number of benzene rings is 1. The Morgan fingerprint density at radius 3 is 2.65 bits per heavy atom. The van der Waals surface area contributed by atoms with Crippen LogP contribution in [0.3, 0.4) is 0 Å². The third-order valence-corrected chi connectivity index (χ3v) is 2.38. The molecule has 0 aliphatic rings. The molecule has 0 unspecified atom stereocenters. The number of carbonyl (C=O) groups is 2. The molecule has 2 amide bonds. The van der Waals surface area contributed by atoms with Crippen molar-refractivity contribution in [2.24, 2.45) is 5.73 Å². The SMILES string of the molecule is NC(=O)CNC(=O)/C=C/c1ccc(Cl)cc1Cl. The number of amides is 2. The Bertz CT molecular complexity index is 473. The maximum Gasteiger partial charge on any atom is 0.244 e. The van der Waals surface area contributed by atoms with Crippen molar-refractivity contribution in [3.8, 4) is 0 Å². The molecule has 6 heteroatoms. The lowest BCUT2D eigenvalue weighted by Gasteiger charge is -1.99. The summed E-state index contributed by atoms with van der Waals surface area (Å²) in [5, 5.41) is 3.27. The van der Waals surface area contributed by atoms with Gasteiger partial charge in [-0.05, 0) is 23.8 Å². The highest BCUT2D eigenvalue weighted by atomic mass is 35.5. The molecule has 0 aliphatic carbocycles. The van der Waals surface area contributed by atoms with E-state index < -0.39 is 11.8 Å². The van der Waals surface area contributed by atoms with Crippen molar-refractivity contribution in [3.63, 3.8) is 0 Å². The number of nitrogens with one attached hydrogen (secondary N) is 1. The fourth-order valence-corrected chi connectivity index (χ4v) is 1.51. The van der Waals surface area contributed by atoms with E-state index in [0.29, 0.717) is 15.6 Å². The van der Waals surface area contributed by atoms with Crippen LogP contribution in [0, 0.1) is 0 Å². The van der Waals surface area contributed by atoms with Crippen LogP contribution in [-0.2, 0) is 9.59 Å². The van der Waals surface area contributed by atoms with Crippen molar-refractivity contribution >= 4 is 41.1 Å². The van der Waals surface area contributed by atoms with E-state index in [9.17, 15) is 9.59 Å². The van der Waals surface area contributed by atoms with Crippen LogP contribution in [0.25, 0.3) is 6.08 Å². The molecular formula is C11H10Cl2N2O2. The highest BCUT2D eigenvalue weighted by molar-refractivity contribution is 6.35. The standard InChI is InChI=1S/C11H10Cl2N2O2/c12-8-3-1-7(9(13)5-8)2-4-11(17)15-6-10(14)16/h1-5H,6H2,(H2,14,16)(H,15,17)/b4-2+. The molecule has 0 fully saturated rings. The van der Waals surface area contributed by atoms with Crippen LogP contribution in [0.5, 0.6) is 0 Å². The zero-order valence-electron chi connectivity index (χ0n) is 8.74. The fraction of sp³-hybridized carbons (Fsp3) is 0.0909. The van der Waals surface area contributed by atoms with E-state index >= 15 is 0 Å². The molecule has 0 saturated heterocycles. The second-order valence-corrected chi connectivity index (χ2v) is 4.03. The number of halogens is 2. The maximum absolute atomic E-state index is 11.2. The minimum absolute atomic E-state index is 0.197. The number of carbonyl (C=O) groups excluding carboxylic acids is 2. The smallest absolute Gasteiger partial charge is 0.244 e. The predicted octanol–water partition coefficient (Wildman–Crippen LogP) is 1.61. The molecule has 0 spiro atoms. The first-order chi connectivity index (χ1) is 7.99. The van der Waals surface area contributed by atoms with Crippen molar-refractivity contribution < 1.29 is 9.59 Å². The topological polar surface area (TPSA) is 72.2 Å². The Labute approximate surface area is 108 Å². The normalized spacial score (nSPS) is 10.5. The second kappa shape index (κ2) is 6.27. The molecule has 3 N–H and O–H groups in total. The minimum atomic E-state index is -0.601. The number of primary amides is 1. The predicted molar refractivity (Wildman–Crippen MR) is 67.7 cm³/mol.